The van der Waals surface area contributed by atoms with Gasteiger partial charge in [0.1, 0.15) is 11.5 Å². The molecule has 0 radical (unpaired) electrons. The lowest BCUT2D eigenvalue weighted by Gasteiger charge is -2.10. The Balaban J connectivity index is 2.47. The van der Waals surface area contributed by atoms with E-state index in [1.807, 2.05) is 12.1 Å². The van der Waals surface area contributed by atoms with Gasteiger partial charge in [-0.25, -0.2) is 0 Å². The van der Waals surface area contributed by atoms with Crippen molar-refractivity contribution in [1.29, 1.82) is 0 Å². The summed E-state index contributed by atoms with van der Waals surface area (Å²) in [6, 6.07) is 8.18. The van der Waals surface area contributed by atoms with E-state index in [4.69, 9.17) is 4.74 Å². The highest BCUT2D eigenvalue weighted by molar-refractivity contribution is 5.75. The smallest absolute Gasteiger partial charge is 0.130 e. The van der Waals surface area contributed by atoms with Crippen molar-refractivity contribution in [3.05, 3.63) is 29.8 Å². The molecule has 0 bridgehead atoms. The van der Waals surface area contributed by atoms with Crippen molar-refractivity contribution in [3.8, 4) is 5.75 Å². The normalized spacial score (nSPS) is 12.2. The summed E-state index contributed by atoms with van der Waals surface area (Å²) in [5, 5.41) is 0. The number of rotatable bonds is 7. The van der Waals surface area contributed by atoms with Gasteiger partial charge in [-0.05, 0) is 43.4 Å². The Bertz CT molecular complexity index is 340. The minimum atomic E-state index is 0.264. The Morgan fingerprint density at radius 3 is 2.47 bits per heavy atom. The molecule has 0 amide bonds. The van der Waals surface area contributed by atoms with E-state index in [-0.39, 0.29) is 5.78 Å². The van der Waals surface area contributed by atoms with Crippen molar-refractivity contribution in [3.63, 3.8) is 0 Å². The van der Waals surface area contributed by atoms with E-state index >= 15 is 0 Å². The second kappa shape index (κ2) is 7.10. The third kappa shape index (κ3) is 5.53. The van der Waals surface area contributed by atoms with E-state index < -0.39 is 0 Å². The molecule has 94 valence electrons. The molecule has 2 heteroatoms. The monoisotopic (exact) mass is 234 g/mol. The van der Waals surface area contributed by atoms with Crippen LogP contribution in [0, 0.1) is 5.92 Å². The third-order valence-corrected chi connectivity index (χ3v) is 2.62. The van der Waals surface area contributed by atoms with Crippen molar-refractivity contribution in [2.75, 3.05) is 6.61 Å². The molecule has 0 heterocycles. The molecule has 0 N–H and O–H groups in total. The van der Waals surface area contributed by atoms with Crippen molar-refractivity contribution < 1.29 is 9.53 Å². The van der Waals surface area contributed by atoms with Crippen LogP contribution in [0.2, 0.25) is 0 Å². The molecule has 0 saturated heterocycles. The molecule has 1 rings (SSSR count). The standard InChI is InChI=1S/C15H22O2/c1-4-9-17-15-7-5-14(6-8-15)11-12(2)10-13(3)16/h5-8,12H,4,9-11H2,1-3H3. The first-order valence-corrected chi connectivity index (χ1v) is 6.33. The van der Waals surface area contributed by atoms with E-state index in [0.29, 0.717) is 12.3 Å². The minimum Gasteiger partial charge on any atom is -0.494 e. The fourth-order valence-electron chi connectivity index (χ4n) is 1.91. The molecule has 0 aliphatic carbocycles. The van der Waals surface area contributed by atoms with E-state index in [1.165, 1.54) is 5.56 Å². The van der Waals surface area contributed by atoms with Gasteiger partial charge in [-0.1, -0.05) is 26.0 Å². The SMILES string of the molecule is CCCOc1ccc(CC(C)CC(C)=O)cc1. The predicted molar refractivity (Wildman–Crippen MR) is 70.4 cm³/mol. The lowest BCUT2D eigenvalue weighted by atomic mass is 9.96. The molecule has 1 atom stereocenters. The molecular formula is C15H22O2. The van der Waals surface area contributed by atoms with Crippen LogP contribution in [0.25, 0.3) is 0 Å². The average molecular weight is 234 g/mol. The van der Waals surface area contributed by atoms with E-state index in [2.05, 4.69) is 26.0 Å². The van der Waals surface area contributed by atoms with Crippen LogP contribution in [0.3, 0.4) is 0 Å². The number of hydrogen-bond donors (Lipinski definition) is 0. The number of hydrogen-bond acceptors (Lipinski definition) is 2. The number of ketones is 1. The first-order valence-electron chi connectivity index (χ1n) is 6.33. The minimum absolute atomic E-state index is 0.264. The summed E-state index contributed by atoms with van der Waals surface area (Å²) in [4.78, 5) is 11.0. The maximum Gasteiger partial charge on any atom is 0.130 e. The molecular weight excluding hydrogens is 212 g/mol. The van der Waals surface area contributed by atoms with Crippen molar-refractivity contribution in [1.82, 2.24) is 0 Å². The van der Waals surface area contributed by atoms with Crippen LogP contribution in [0.4, 0.5) is 0 Å². The van der Waals surface area contributed by atoms with Crippen molar-refractivity contribution in [2.24, 2.45) is 5.92 Å². The molecule has 17 heavy (non-hydrogen) atoms. The maximum atomic E-state index is 11.0. The molecule has 1 aromatic carbocycles. The zero-order chi connectivity index (χ0) is 12.7. The third-order valence-electron chi connectivity index (χ3n) is 2.62. The first-order chi connectivity index (χ1) is 8.11. The molecule has 1 aromatic rings. The zero-order valence-corrected chi connectivity index (χ0v) is 11.0. The van der Waals surface area contributed by atoms with Crippen LogP contribution < -0.4 is 4.74 Å². The highest BCUT2D eigenvalue weighted by atomic mass is 16.5. The number of carbonyl (C=O) groups is 1. The topological polar surface area (TPSA) is 26.3 Å². The van der Waals surface area contributed by atoms with E-state index in [1.54, 1.807) is 6.92 Å². The molecule has 0 spiro atoms. The van der Waals surface area contributed by atoms with Crippen LogP contribution in [-0.4, -0.2) is 12.4 Å². The van der Waals surface area contributed by atoms with Gasteiger partial charge in [0, 0.05) is 6.42 Å². The number of benzene rings is 1. The molecule has 1 unspecified atom stereocenters. The van der Waals surface area contributed by atoms with Crippen LogP contribution in [-0.2, 0) is 11.2 Å². The lowest BCUT2D eigenvalue weighted by Crippen LogP contribution is -2.05. The fourth-order valence-corrected chi connectivity index (χ4v) is 1.91. The Morgan fingerprint density at radius 2 is 1.94 bits per heavy atom. The lowest BCUT2D eigenvalue weighted by molar-refractivity contribution is -0.117. The van der Waals surface area contributed by atoms with Crippen LogP contribution in [0.15, 0.2) is 24.3 Å². The summed E-state index contributed by atoms with van der Waals surface area (Å²) in [7, 11) is 0. The number of Topliss-reactive ketones (excluding diaryl/α,β-unsaturated/α-hetero) is 1. The zero-order valence-electron chi connectivity index (χ0n) is 11.0. The van der Waals surface area contributed by atoms with Crippen LogP contribution in [0.1, 0.15) is 39.2 Å². The van der Waals surface area contributed by atoms with Gasteiger partial charge >= 0.3 is 0 Å². The quantitative estimate of drug-likeness (QED) is 0.720. The Morgan fingerprint density at radius 1 is 1.29 bits per heavy atom. The highest BCUT2D eigenvalue weighted by Gasteiger charge is 2.06. The van der Waals surface area contributed by atoms with Gasteiger partial charge in [0.2, 0.25) is 0 Å². The van der Waals surface area contributed by atoms with E-state index in [0.717, 1.165) is 25.2 Å². The summed E-state index contributed by atoms with van der Waals surface area (Å²) in [5.41, 5.74) is 1.27. The molecule has 0 fully saturated rings. The summed E-state index contributed by atoms with van der Waals surface area (Å²) in [6.45, 7) is 6.62. The average Bonchev–Trinajstić information content (AvgIpc) is 2.27. The molecule has 2 nitrogen and oxygen atoms in total. The van der Waals surface area contributed by atoms with E-state index in [9.17, 15) is 4.79 Å². The summed E-state index contributed by atoms with van der Waals surface area (Å²) in [5.74, 6) is 1.60. The van der Waals surface area contributed by atoms with Gasteiger partial charge in [-0.15, -0.1) is 0 Å². The van der Waals surface area contributed by atoms with Gasteiger partial charge in [0.25, 0.3) is 0 Å². The summed E-state index contributed by atoms with van der Waals surface area (Å²) < 4.78 is 5.53. The fraction of sp³-hybridized carbons (Fsp3) is 0.533. The molecule has 0 aliphatic heterocycles. The van der Waals surface area contributed by atoms with Gasteiger partial charge in [-0.2, -0.15) is 0 Å². The van der Waals surface area contributed by atoms with Crippen molar-refractivity contribution >= 4 is 5.78 Å². The van der Waals surface area contributed by atoms with Crippen molar-refractivity contribution in [2.45, 2.75) is 40.0 Å². The van der Waals surface area contributed by atoms with Gasteiger partial charge in [0.15, 0.2) is 0 Å². The Hall–Kier alpha value is -1.31. The summed E-state index contributed by atoms with van der Waals surface area (Å²) in [6.07, 6.45) is 2.64. The second-order valence-corrected chi connectivity index (χ2v) is 4.71. The maximum absolute atomic E-state index is 11.0. The summed E-state index contributed by atoms with van der Waals surface area (Å²) >= 11 is 0. The Kier molecular flexibility index (Phi) is 5.75. The molecule has 0 aromatic heterocycles. The second-order valence-electron chi connectivity index (χ2n) is 4.71. The van der Waals surface area contributed by atoms with Gasteiger partial charge in [0.05, 0.1) is 6.61 Å². The predicted octanol–water partition coefficient (Wildman–Crippen LogP) is 3.63. The Labute approximate surface area is 104 Å². The molecule has 0 saturated carbocycles. The number of carbonyl (C=O) groups excluding carboxylic acids is 1. The largest absolute Gasteiger partial charge is 0.494 e. The molecule has 0 aliphatic rings. The van der Waals surface area contributed by atoms with Crippen LogP contribution in [0.5, 0.6) is 5.75 Å². The van der Waals surface area contributed by atoms with Gasteiger partial charge < -0.3 is 9.53 Å². The highest BCUT2D eigenvalue weighted by Crippen LogP contribution is 2.16. The first kappa shape index (κ1) is 13.8. The van der Waals surface area contributed by atoms with Gasteiger partial charge in [-0.3, -0.25) is 0 Å². The number of ether oxygens (including phenoxy) is 1. The van der Waals surface area contributed by atoms with Crippen LogP contribution >= 0.6 is 0 Å².